The first kappa shape index (κ1) is 22.3. The van der Waals surface area contributed by atoms with Gasteiger partial charge in [0.15, 0.2) is 5.78 Å². The third-order valence-corrected chi connectivity index (χ3v) is 5.97. The Balaban J connectivity index is 2.00. The molecule has 158 valence electrons. The zero-order valence-corrected chi connectivity index (χ0v) is 18.2. The lowest BCUT2D eigenvalue weighted by atomic mass is 9.92. The highest BCUT2D eigenvalue weighted by molar-refractivity contribution is 6.09. The minimum Gasteiger partial charge on any atom is -0.383 e. The average Bonchev–Trinajstić information content (AvgIpc) is 2.84. The van der Waals surface area contributed by atoms with Crippen LogP contribution in [0.3, 0.4) is 0 Å². The van der Waals surface area contributed by atoms with Crippen LogP contribution in [-0.4, -0.2) is 10.9 Å². The monoisotopic (exact) mass is 402 g/mol. The van der Waals surface area contributed by atoms with Gasteiger partial charge in [0.1, 0.15) is 6.10 Å². The maximum atomic E-state index is 13.4. The number of Topliss-reactive ketones (excluding diaryl/α,β-unsaturated/α-hetero) is 1. The third kappa shape index (κ3) is 6.55. The molecule has 1 fully saturated rings. The number of carbonyl (C=O) groups is 1. The molecule has 1 N–H and O–H groups in total. The van der Waals surface area contributed by atoms with E-state index in [0.29, 0.717) is 11.1 Å². The zero-order valence-electron chi connectivity index (χ0n) is 18.2. The Morgan fingerprint density at radius 2 is 1.33 bits per heavy atom. The van der Waals surface area contributed by atoms with E-state index < -0.39 is 6.10 Å². The topological polar surface area (TPSA) is 37.3 Å². The van der Waals surface area contributed by atoms with Crippen LogP contribution in [0.2, 0.25) is 0 Å². The molecule has 0 unspecified atom stereocenters. The Kier molecular flexibility index (Phi) is 8.68. The summed E-state index contributed by atoms with van der Waals surface area (Å²) >= 11 is 0. The number of hydrogen-bond acceptors (Lipinski definition) is 2. The van der Waals surface area contributed by atoms with Gasteiger partial charge in [0.25, 0.3) is 0 Å². The average molecular weight is 403 g/mol. The lowest BCUT2D eigenvalue weighted by Crippen LogP contribution is -2.12. The SMILES string of the molecule is Cc1ccc([C@@H](O)C(=C=C2CCCCCCCCCC2)C(=O)c2ccccc2)cc1. The normalized spacial score (nSPS) is 16.8. The van der Waals surface area contributed by atoms with E-state index in [4.69, 9.17) is 0 Å². The van der Waals surface area contributed by atoms with Gasteiger partial charge in [-0.25, -0.2) is 0 Å². The second kappa shape index (κ2) is 11.7. The first-order valence-corrected chi connectivity index (χ1v) is 11.5. The fourth-order valence-electron chi connectivity index (χ4n) is 4.09. The lowest BCUT2D eigenvalue weighted by molar-refractivity contribution is 0.0987. The summed E-state index contributed by atoms with van der Waals surface area (Å²) in [4.78, 5) is 13.4. The molecular weight excluding hydrogens is 368 g/mol. The van der Waals surface area contributed by atoms with Crippen molar-refractivity contribution in [2.24, 2.45) is 0 Å². The molecule has 1 aliphatic rings. The molecule has 2 heteroatoms. The second-order valence-corrected chi connectivity index (χ2v) is 8.48. The lowest BCUT2D eigenvalue weighted by Gasteiger charge is -2.14. The first-order chi connectivity index (χ1) is 14.6. The minimum absolute atomic E-state index is 0.134. The van der Waals surface area contributed by atoms with Crippen LogP contribution in [0, 0.1) is 6.92 Å². The molecule has 1 aliphatic carbocycles. The van der Waals surface area contributed by atoms with Crippen LogP contribution in [0.25, 0.3) is 0 Å². The number of aryl methyl sites for hydroxylation is 1. The van der Waals surface area contributed by atoms with E-state index in [1.165, 1.54) is 44.1 Å². The van der Waals surface area contributed by atoms with Crippen molar-refractivity contribution < 1.29 is 9.90 Å². The van der Waals surface area contributed by atoms with Crippen molar-refractivity contribution >= 4 is 5.78 Å². The number of rotatable bonds is 4. The van der Waals surface area contributed by atoms with Crippen LogP contribution in [0.4, 0.5) is 0 Å². The van der Waals surface area contributed by atoms with Gasteiger partial charge >= 0.3 is 0 Å². The van der Waals surface area contributed by atoms with Crippen LogP contribution < -0.4 is 0 Å². The summed E-state index contributed by atoms with van der Waals surface area (Å²) in [5.41, 5.74) is 7.46. The molecule has 30 heavy (non-hydrogen) atoms. The maximum absolute atomic E-state index is 13.4. The molecular formula is C28H34O2. The molecule has 0 heterocycles. The molecule has 0 spiro atoms. The Labute approximate surface area is 181 Å². The first-order valence-electron chi connectivity index (χ1n) is 11.5. The van der Waals surface area contributed by atoms with Crippen LogP contribution in [0.5, 0.6) is 0 Å². The maximum Gasteiger partial charge on any atom is 0.199 e. The molecule has 0 radical (unpaired) electrons. The highest BCUT2D eigenvalue weighted by Crippen LogP contribution is 2.27. The van der Waals surface area contributed by atoms with Crippen LogP contribution in [-0.2, 0) is 0 Å². The summed E-state index contributed by atoms with van der Waals surface area (Å²) < 4.78 is 0. The molecule has 2 aromatic carbocycles. The molecule has 3 rings (SSSR count). The number of hydrogen-bond donors (Lipinski definition) is 1. The minimum atomic E-state index is -0.969. The van der Waals surface area contributed by atoms with Crippen LogP contribution >= 0.6 is 0 Å². The highest BCUT2D eigenvalue weighted by atomic mass is 16.3. The van der Waals surface area contributed by atoms with E-state index in [2.05, 4.69) is 5.73 Å². The van der Waals surface area contributed by atoms with Crippen molar-refractivity contribution in [2.45, 2.75) is 77.2 Å². The fourth-order valence-corrected chi connectivity index (χ4v) is 4.09. The van der Waals surface area contributed by atoms with Gasteiger partial charge in [0.2, 0.25) is 0 Å². The summed E-state index contributed by atoms with van der Waals surface area (Å²) in [6, 6.07) is 17.0. The van der Waals surface area contributed by atoms with E-state index in [1.807, 2.05) is 61.5 Å². The van der Waals surface area contributed by atoms with Gasteiger partial charge in [-0.2, -0.15) is 0 Å². The summed E-state index contributed by atoms with van der Waals surface area (Å²) in [7, 11) is 0. The van der Waals surface area contributed by atoms with E-state index in [-0.39, 0.29) is 5.78 Å². The van der Waals surface area contributed by atoms with E-state index in [0.717, 1.165) is 36.8 Å². The van der Waals surface area contributed by atoms with Crippen molar-refractivity contribution in [3.8, 4) is 0 Å². The van der Waals surface area contributed by atoms with Crippen LogP contribution in [0.1, 0.15) is 91.8 Å². The Hall–Kier alpha value is -2.41. The highest BCUT2D eigenvalue weighted by Gasteiger charge is 2.22. The molecule has 1 atom stereocenters. The van der Waals surface area contributed by atoms with E-state index in [1.54, 1.807) is 0 Å². The van der Waals surface area contributed by atoms with Gasteiger partial charge < -0.3 is 5.11 Å². The molecule has 0 saturated heterocycles. The third-order valence-electron chi connectivity index (χ3n) is 5.97. The van der Waals surface area contributed by atoms with Gasteiger partial charge in [-0.1, -0.05) is 98.7 Å². The predicted octanol–water partition coefficient (Wildman–Crippen LogP) is 7.28. The number of aliphatic hydroxyl groups is 1. The van der Waals surface area contributed by atoms with Gasteiger partial charge in [-0.15, -0.1) is 5.73 Å². The second-order valence-electron chi connectivity index (χ2n) is 8.48. The summed E-state index contributed by atoms with van der Waals surface area (Å²) in [5.74, 6) is -0.134. The van der Waals surface area contributed by atoms with Crippen molar-refractivity contribution in [3.05, 3.63) is 88.2 Å². The van der Waals surface area contributed by atoms with Crippen molar-refractivity contribution in [2.75, 3.05) is 0 Å². The smallest absolute Gasteiger partial charge is 0.199 e. The molecule has 0 bridgehead atoms. The molecule has 2 nitrogen and oxygen atoms in total. The van der Waals surface area contributed by atoms with Crippen LogP contribution in [0.15, 0.2) is 71.5 Å². The van der Waals surface area contributed by atoms with Gasteiger partial charge in [-0.05, 0) is 43.7 Å². The molecule has 0 aliphatic heterocycles. The molecule has 0 amide bonds. The Bertz CT molecular complexity index is 857. The summed E-state index contributed by atoms with van der Waals surface area (Å²) in [5, 5.41) is 11.2. The van der Waals surface area contributed by atoms with E-state index >= 15 is 0 Å². The molecule has 0 aromatic heterocycles. The largest absolute Gasteiger partial charge is 0.383 e. The summed E-state index contributed by atoms with van der Waals surface area (Å²) in [6.07, 6.45) is 10.9. The number of aliphatic hydroxyl groups excluding tert-OH is 1. The predicted molar refractivity (Wildman–Crippen MR) is 124 cm³/mol. The Morgan fingerprint density at radius 3 is 1.90 bits per heavy atom. The Morgan fingerprint density at radius 1 is 0.800 bits per heavy atom. The van der Waals surface area contributed by atoms with Gasteiger partial charge in [0, 0.05) is 5.56 Å². The number of carbonyl (C=O) groups excluding carboxylic acids is 1. The van der Waals surface area contributed by atoms with Crippen molar-refractivity contribution in [1.29, 1.82) is 0 Å². The number of benzene rings is 2. The zero-order chi connectivity index (χ0) is 21.2. The molecule has 2 aromatic rings. The van der Waals surface area contributed by atoms with Crippen molar-refractivity contribution in [3.63, 3.8) is 0 Å². The van der Waals surface area contributed by atoms with Gasteiger partial charge in [0.05, 0.1) is 5.57 Å². The summed E-state index contributed by atoms with van der Waals surface area (Å²) in [6.45, 7) is 2.02. The van der Waals surface area contributed by atoms with E-state index in [9.17, 15) is 9.90 Å². The number of ketones is 1. The van der Waals surface area contributed by atoms with Crippen molar-refractivity contribution in [1.82, 2.24) is 0 Å². The standard InChI is InChI=1S/C28H34O2/c1-22-17-19-25(20-18-22)28(30)26(27(29)24-15-11-8-12-16-24)21-23-13-9-6-4-2-3-5-7-10-14-23/h8,11-12,15-20,28,30H,2-7,9-10,13-14H2,1H3/t28-/m1/s1. The quantitative estimate of drug-likeness (QED) is 0.331. The fraction of sp³-hybridized carbons (Fsp3) is 0.429. The van der Waals surface area contributed by atoms with Gasteiger partial charge in [-0.3, -0.25) is 4.79 Å². The molecule has 1 saturated carbocycles.